The second-order valence-corrected chi connectivity index (χ2v) is 6.05. The topological polar surface area (TPSA) is 35.5 Å². The lowest BCUT2D eigenvalue weighted by atomic mass is 10.0. The first kappa shape index (κ1) is 20.8. The van der Waals surface area contributed by atoms with Gasteiger partial charge in [-0.1, -0.05) is 39.0 Å². The van der Waals surface area contributed by atoms with Crippen LogP contribution in [0.2, 0.25) is 0 Å². The van der Waals surface area contributed by atoms with Crippen LogP contribution in [-0.4, -0.2) is 5.97 Å². The molecule has 0 bridgehead atoms. The van der Waals surface area contributed by atoms with E-state index >= 15 is 0 Å². The first-order chi connectivity index (χ1) is 12.8. The molecule has 0 aromatic heterocycles. The highest BCUT2D eigenvalue weighted by Gasteiger charge is 2.35. The summed E-state index contributed by atoms with van der Waals surface area (Å²) < 4.78 is 51.1. The lowest BCUT2D eigenvalue weighted by Crippen LogP contribution is -2.15. The van der Waals surface area contributed by atoms with Crippen molar-refractivity contribution in [3.63, 3.8) is 0 Å². The van der Waals surface area contributed by atoms with E-state index in [0.717, 1.165) is 23.6 Å². The number of carbonyl (C=O) groups excluding carboxylic acids is 1. The Labute approximate surface area is 157 Å². The Morgan fingerprint density at radius 1 is 1.00 bits per heavy atom. The van der Waals surface area contributed by atoms with Gasteiger partial charge in [0.2, 0.25) is 0 Å². The zero-order chi connectivity index (χ0) is 20.0. The number of alkyl halides is 3. The molecule has 0 saturated heterocycles. The van der Waals surface area contributed by atoms with E-state index in [-0.39, 0.29) is 24.3 Å². The Hall–Kier alpha value is -2.50. The molecule has 0 saturated carbocycles. The second-order valence-electron chi connectivity index (χ2n) is 6.05. The molecule has 0 radical (unpaired) electrons. The predicted molar refractivity (Wildman–Crippen MR) is 96.9 cm³/mol. The molecule has 0 fully saturated rings. The van der Waals surface area contributed by atoms with Gasteiger partial charge in [-0.3, -0.25) is 4.79 Å². The van der Waals surface area contributed by atoms with Gasteiger partial charge in [-0.05, 0) is 42.2 Å². The average molecular weight is 380 g/mol. The first-order valence-corrected chi connectivity index (χ1v) is 8.94. The fourth-order valence-corrected chi connectivity index (χ4v) is 2.69. The number of carbonyl (C=O) groups is 1. The number of hydrogen-bond donors (Lipinski definition) is 0. The van der Waals surface area contributed by atoms with Crippen molar-refractivity contribution in [2.75, 3.05) is 0 Å². The molecule has 0 aliphatic rings. The highest BCUT2D eigenvalue weighted by atomic mass is 19.4. The Morgan fingerprint density at radius 2 is 1.74 bits per heavy atom. The molecule has 2 aromatic carbocycles. The minimum atomic E-state index is -4.58. The van der Waals surface area contributed by atoms with Gasteiger partial charge in [-0.25, -0.2) is 0 Å². The Balaban J connectivity index is 2.37. The maximum absolute atomic E-state index is 13.4. The molecule has 0 aliphatic heterocycles. The summed E-state index contributed by atoms with van der Waals surface area (Å²) in [4.78, 5) is 11.6. The van der Waals surface area contributed by atoms with E-state index in [4.69, 9.17) is 9.47 Å². The largest absolute Gasteiger partial charge is 0.488 e. The van der Waals surface area contributed by atoms with Crippen LogP contribution in [0.4, 0.5) is 13.2 Å². The number of hydrogen-bond acceptors (Lipinski definition) is 3. The second kappa shape index (κ2) is 8.93. The molecule has 0 unspecified atom stereocenters. The summed E-state index contributed by atoms with van der Waals surface area (Å²) in [5.41, 5.74) is 0.999. The lowest BCUT2D eigenvalue weighted by Gasteiger charge is -2.18. The minimum Gasteiger partial charge on any atom is -0.488 e. The molecule has 27 heavy (non-hydrogen) atoms. The molecule has 0 aliphatic carbocycles. The molecule has 3 nitrogen and oxygen atoms in total. The van der Waals surface area contributed by atoms with Crippen LogP contribution in [0.3, 0.4) is 0 Å². The number of esters is 1. The van der Waals surface area contributed by atoms with Gasteiger partial charge in [0.05, 0.1) is 5.56 Å². The zero-order valence-electron chi connectivity index (χ0n) is 15.7. The minimum absolute atomic E-state index is 0.0645. The summed E-state index contributed by atoms with van der Waals surface area (Å²) >= 11 is 0. The van der Waals surface area contributed by atoms with Crippen molar-refractivity contribution in [2.45, 2.75) is 52.8 Å². The SMILES string of the molecule is CCC(=O)Oc1cccc(C(F)(F)F)c1COc1ccc(CC)cc1CC. The molecule has 0 heterocycles. The van der Waals surface area contributed by atoms with Gasteiger partial charge >= 0.3 is 12.1 Å². The number of benzene rings is 2. The van der Waals surface area contributed by atoms with Gasteiger partial charge in [0.25, 0.3) is 0 Å². The standard InChI is InChI=1S/C21H23F3O3/c1-4-14-10-11-18(15(5-2)12-14)26-13-16-17(21(22,23)24)8-7-9-19(16)27-20(25)6-3/h7-12H,4-6,13H2,1-3H3. The van der Waals surface area contributed by atoms with Gasteiger partial charge in [0, 0.05) is 12.0 Å². The van der Waals surface area contributed by atoms with E-state index in [2.05, 4.69) is 0 Å². The smallest absolute Gasteiger partial charge is 0.416 e. The molecule has 0 atom stereocenters. The van der Waals surface area contributed by atoms with Gasteiger partial charge < -0.3 is 9.47 Å². The van der Waals surface area contributed by atoms with Crippen molar-refractivity contribution < 1.29 is 27.4 Å². The van der Waals surface area contributed by atoms with Crippen LogP contribution in [0, 0.1) is 0 Å². The summed E-state index contributed by atoms with van der Waals surface area (Å²) in [7, 11) is 0. The molecule has 6 heteroatoms. The van der Waals surface area contributed by atoms with Crippen LogP contribution in [0.5, 0.6) is 11.5 Å². The molecule has 2 aromatic rings. The lowest BCUT2D eigenvalue weighted by molar-refractivity contribution is -0.140. The molecule has 2 rings (SSSR count). The number of aryl methyl sites for hydroxylation is 2. The zero-order valence-corrected chi connectivity index (χ0v) is 15.7. The summed E-state index contributed by atoms with van der Waals surface area (Å²) in [6.07, 6.45) is -2.95. The fourth-order valence-electron chi connectivity index (χ4n) is 2.69. The van der Waals surface area contributed by atoms with Crippen LogP contribution in [-0.2, 0) is 30.4 Å². The van der Waals surface area contributed by atoms with Gasteiger partial charge in [0.1, 0.15) is 18.1 Å². The van der Waals surface area contributed by atoms with Crippen molar-refractivity contribution in [2.24, 2.45) is 0 Å². The van der Waals surface area contributed by atoms with Crippen molar-refractivity contribution in [3.8, 4) is 11.5 Å². The van der Waals surface area contributed by atoms with E-state index in [1.807, 2.05) is 26.0 Å². The van der Waals surface area contributed by atoms with Crippen molar-refractivity contribution in [3.05, 3.63) is 58.7 Å². The van der Waals surface area contributed by atoms with Gasteiger partial charge in [-0.15, -0.1) is 0 Å². The fraction of sp³-hybridized carbons (Fsp3) is 0.381. The number of ether oxygens (including phenoxy) is 2. The van der Waals surface area contributed by atoms with Crippen LogP contribution in [0.1, 0.15) is 49.4 Å². The van der Waals surface area contributed by atoms with Crippen LogP contribution < -0.4 is 9.47 Å². The number of rotatable bonds is 7. The van der Waals surface area contributed by atoms with E-state index in [0.29, 0.717) is 12.2 Å². The van der Waals surface area contributed by atoms with E-state index in [1.54, 1.807) is 13.0 Å². The summed E-state index contributed by atoms with van der Waals surface area (Å²) in [5, 5.41) is 0. The monoisotopic (exact) mass is 380 g/mol. The van der Waals surface area contributed by atoms with Gasteiger partial charge in [0.15, 0.2) is 0 Å². The Kier molecular flexibility index (Phi) is 6.88. The highest BCUT2D eigenvalue weighted by molar-refractivity contribution is 5.72. The van der Waals surface area contributed by atoms with Crippen LogP contribution >= 0.6 is 0 Å². The van der Waals surface area contributed by atoms with E-state index < -0.39 is 17.7 Å². The third-order valence-corrected chi connectivity index (χ3v) is 4.24. The normalized spacial score (nSPS) is 11.3. The molecule has 0 amide bonds. The van der Waals surface area contributed by atoms with Crippen molar-refractivity contribution >= 4 is 5.97 Å². The van der Waals surface area contributed by atoms with E-state index in [1.165, 1.54) is 12.1 Å². The van der Waals surface area contributed by atoms with Gasteiger partial charge in [-0.2, -0.15) is 13.2 Å². The highest BCUT2D eigenvalue weighted by Crippen LogP contribution is 2.37. The van der Waals surface area contributed by atoms with E-state index in [9.17, 15) is 18.0 Å². The third-order valence-electron chi connectivity index (χ3n) is 4.24. The van der Waals surface area contributed by atoms with Crippen molar-refractivity contribution in [1.82, 2.24) is 0 Å². The molecule has 0 N–H and O–H groups in total. The first-order valence-electron chi connectivity index (χ1n) is 8.94. The summed E-state index contributed by atoms with van der Waals surface area (Å²) in [6, 6.07) is 9.18. The quantitative estimate of drug-likeness (QED) is 0.455. The molecule has 0 spiro atoms. The number of halogens is 3. The molecular formula is C21H23F3O3. The summed E-state index contributed by atoms with van der Waals surface area (Å²) in [6.45, 7) is 5.22. The van der Waals surface area contributed by atoms with Crippen LogP contribution in [0.15, 0.2) is 36.4 Å². The van der Waals surface area contributed by atoms with Crippen molar-refractivity contribution in [1.29, 1.82) is 0 Å². The van der Waals surface area contributed by atoms with Crippen LogP contribution in [0.25, 0.3) is 0 Å². The average Bonchev–Trinajstić information content (AvgIpc) is 2.65. The molecule has 146 valence electrons. The summed E-state index contributed by atoms with van der Waals surface area (Å²) in [5.74, 6) is -0.198. The Bertz CT molecular complexity index is 798. The molecular weight excluding hydrogens is 357 g/mol. The third kappa shape index (κ3) is 5.25. The predicted octanol–water partition coefficient (Wildman–Crippen LogP) is 5.72. The maximum Gasteiger partial charge on any atom is 0.416 e. The Morgan fingerprint density at radius 3 is 2.33 bits per heavy atom. The maximum atomic E-state index is 13.4.